The number of likely N-dealkylation sites (N-methyl/N-ethyl adjacent to an activating group) is 1. The summed E-state index contributed by atoms with van der Waals surface area (Å²) >= 11 is 0. The lowest BCUT2D eigenvalue weighted by Gasteiger charge is -2.20. The summed E-state index contributed by atoms with van der Waals surface area (Å²) in [6, 6.07) is 0. The van der Waals surface area contributed by atoms with E-state index >= 15 is 0 Å². The molecule has 0 bridgehead atoms. The second-order valence-electron chi connectivity index (χ2n) is 4.39. The Bertz CT molecular complexity index is 248. The average Bonchev–Trinajstić information content (AvgIpc) is 2.11. The fourth-order valence-corrected chi connectivity index (χ4v) is 0.872. The Labute approximate surface area is 95.6 Å². The van der Waals surface area contributed by atoms with Crippen LogP contribution >= 0.6 is 0 Å². The van der Waals surface area contributed by atoms with E-state index in [1.807, 2.05) is 0 Å². The number of nitrogens with zero attached hydrogens (tertiary/aromatic N) is 1. The van der Waals surface area contributed by atoms with Crippen LogP contribution in [0.15, 0.2) is 0 Å². The maximum atomic E-state index is 11.3. The molecule has 0 aromatic heterocycles. The molecule has 0 rings (SSSR count). The fraction of sp³-hybridized carbons (Fsp3) is 0.800. The molecule has 0 aliphatic heterocycles. The van der Waals surface area contributed by atoms with Crippen LogP contribution in [-0.2, 0) is 9.53 Å². The lowest BCUT2D eigenvalue weighted by Crippen LogP contribution is -2.41. The van der Waals surface area contributed by atoms with Crippen molar-refractivity contribution in [2.45, 2.75) is 26.4 Å². The topological polar surface area (TPSA) is 78.9 Å². The van der Waals surface area contributed by atoms with E-state index in [0.717, 1.165) is 0 Å². The third-order valence-electron chi connectivity index (χ3n) is 1.64. The van der Waals surface area contributed by atoms with Crippen LogP contribution in [0.25, 0.3) is 0 Å². The minimum Gasteiger partial charge on any atom is -0.444 e. The lowest BCUT2D eigenvalue weighted by atomic mass is 10.2. The Morgan fingerprint density at radius 3 is 2.38 bits per heavy atom. The molecule has 0 spiro atoms. The van der Waals surface area contributed by atoms with E-state index in [9.17, 15) is 9.59 Å². The number of aliphatic hydroxyl groups excluding tert-OH is 1. The maximum absolute atomic E-state index is 11.3. The second kappa shape index (κ2) is 6.32. The van der Waals surface area contributed by atoms with E-state index in [1.165, 1.54) is 4.90 Å². The molecule has 0 aromatic rings. The summed E-state index contributed by atoms with van der Waals surface area (Å²) in [6.45, 7) is 5.24. The van der Waals surface area contributed by atoms with E-state index in [1.54, 1.807) is 27.8 Å². The highest BCUT2D eigenvalue weighted by Crippen LogP contribution is 2.06. The van der Waals surface area contributed by atoms with E-state index < -0.39 is 11.7 Å². The van der Waals surface area contributed by atoms with Crippen molar-refractivity contribution in [1.29, 1.82) is 0 Å². The van der Waals surface area contributed by atoms with Crippen LogP contribution < -0.4 is 5.32 Å². The van der Waals surface area contributed by atoms with Crippen LogP contribution in [0.1, 0.15) is 20.8 Å². The zero-order valence-electron chi connectivity index (χ0n) is 10.2. The van der Waals surface area contributed by atoms with Crippen molar-refractivity contribution >= 4 is 12.0 Å². The van der Waals surface area contributed by atoms with E-state index in [0.29, 0.717) is 0 Å². The van der Waals surface area contributed by atoms with Gasteiger partial charge in [-0.25, -0.2) is 4.79 Å². The van der Waals surface area contributed by atoms with Crippen LogP contribution in [0.2, 0.25) is 0 Å². The number of rotatable bonds is 4. The number of carbonyl (C=O) groups excluding carboxylic acids is 2. The first-order valence-corrected chi connectivity index (χ1v) is 5.08. The average molecular weight is 232 g/mol. The molecule has 0 heterocycles. The highest BCUT2D eigenvalue weighted by Gasteiger charge is 2.17. The van der Waals surface area contributed by atoms with Gasteiger partial charge in [0.2, 0.25) is 5.91 Å². The fourth-order valence-electron chi connectivity index (χ4n) is 0.872. The van der Waals surface area contributed by atoms with Crippen molar-refractivity contribution in [3.8, 4) is 0 Å². The van der Waals surface area contributed by atoms with Gasteiger partial charge in [0.15, 0.2) is 0 Å². The molecule has 0 atom stereocenters. The number of hydrogen-bond donors (Lipinski definition) is 2. The zero-order valence-corrected chi connectivity index (χ0v) is 10.2. The first kappa shape index (κ1) is 14.7. The van der Waals surface area contributed by atoms with Gasteiger partial charge in [-0.05, 0) is 20.8 Å². The van der Waals surface area contributed by atoms with Gasteiger partial charge in [-0.3, -0.25) is 4.79 Å². The van der Waals surface area contributed by atoms with Crippen molar-refractivity contribution < 1.29 is 19.4 Å². The Hall–Kier alpha value is -1.30. The predicted molar refractivity (Wildman–Crippen MR) is 59.0 cm³/mol. The first-order valence-electron chi connectivity index (χ1n) is 5.08. The van der Waals surface area contributed by atoms with Gasteiger partial charge in [-0.2, -0.15) is 0 Å². The lowest BCUT2D eigenvalue weighted by molar-refractivity contribution is -0.129. The SMILES string of the molecule is CN(CCO)C(=O)CNC(=O)OC(C)(C)C. The minimum atomic E-state index is -0.627. The van der Waals surface area contributed by atoms with Gasteiger partial charge in [0.25, 0.3) is 0 Å². The molecule has 16 heavy (non-hydrogen) atoms. The zero-order chi connectivity index (χ0) is 12.8. The number of amides is 2. The molecule has 0 unspecified atom stereocenters. The van der Waals surface area contributed by atoms with E-state index in [-0.39, 0.29) is 25.6 Å². The molecule has 0 radical (unpaired) electrons. The molecule has 0 saturated heterocycles. The van der Waals surface area contributed by atoms with Crippen LogP contribution in [-0.4, -0.2) is 54.4 Å². The van der Waals surface area contributed by atoms with Gasteiger partial charge >= 0.3 is 6.09 Å². The number of nitrogens with one attached hydrogen (secondary N) is 1. The summed E-state index contributed by atoms with van der Waals surface area (Å²) in [7, 11) is 1.55. The van der Waals surface area contributed by atoms with E-state index in [2.05, 4.69) is 5.32 Å². The van der Waals surface area contributed by atoms with Crippen molar-refractivity contribution in [2.75, 3.05) is 26.7 Å². The number of hydrogen-bond acceptors (Lipinski definition) is 4. The molecule has 0 aliphatic rings. The van der Waals surface area contributed by atoms with Gasteiger partial charge in [0.1, 0.15) is 12.1 Å². The third kappa shape index (κ3) is 7.05. The normalized spacial score (nSPS) is 10.8. The van der Waals surface area contributed by atoms with Crippen molar-refractivity contribution in [1.82, 2.24) is 10.2 Å². The molecule has 6 heteroatoms. The summed E-state index contributed by atoms with van der Waals surface area (Å²) < 4.78 is 4.96. The van der Waals surface area contributed by atoms with Gasteiger partial charge in [0.05, 0.1) is 6.61 Å². The van der Waals surface area contributed by atoms with Gasteiger partial charge in [-0.15, -0.1) is 0 Å². The molecule has 2 N–H and O–H groups in total. The molecule has 94 valence electrons. The summed E-state index contributed by atoms with van der Waals surface area (Å²) in [5.74, 6) is -0.278. The monoisotopic (exact) mass is 232 g/mol. The second-order valence-corrected chi connectivity index (χ2v) is 4.39. The maximum Gasteiger partial charge on any atom is 0.408 e. The van der Waals surface area contributed by atoms with Crippen LogP contribution in [0.3, 0.4) is 0 Å². The van der Waals surface area contributed by atoms with Crippen LogP contribution in [0.5, 0.6) is 0 Å². The summed E-state index contributed by atoms with van der Waals surface area (Å²) in [6.07, 6.45) is -0.627. The largest absolute Gasteiger partial charge is 0.444 e. The third-order valence-corrected chi connectivity index (χ3v) is 1.64. The van der Waals surface area contributed by atoms with Gasteiger partial charge < -0.3 is 20.1 Å². The molecule has 2 amide bonds. The Balaban J connectivity index is 3.88. The predicted octanol–water partition coefficient (Wildman–Crippen LogP) is -0.0382. The summed E-state index contributed by atoms with van der Waals surface area (Å²) in [5.41, 5.74) is -0.579. The first-order chi connectivity index (χ1) is 7.26. The summed E-state index contributed by atoms with van der Waals surface area (Å²) in [4.78, 5) is 23.9. The van der Waals surface area contributed by atoms with Gasteiger partial charge in [-0.1, -0.05) is 0 Å². The van der Waals surface area contributed by atoms with Crippen molar-refractivity contribution in [3.05, 3.63) is 0 Å². The van der Waals surface area contributed by atoms with Crippen LogP contribution in [0, 0.1) is 0 Å². The van der Waals surface area contributed by atoms with Gasteiger partial charge in [0, 0.05) is 13.6 Å². The molecule has 6 nitrogen and oxygen atoms in total. The molecule has 0 saturated carbocycles. The Kier molecular flexibility index (Phi) is 5.81. The minimum absolute atomic E-state index is 0.103. The number of aliphatic hydroxyl groups is 1. The molecule has 0 aromatic carbocycles. The Morgan fingerprint density at radius 2 is 1.94 bits per heavy atom. The molecular weight excluding hydrogens is 212 g/mol. The number of alkyl carbamates (subject to hydrolysis) is 1. The number of ether oxygens (including phenoxy) is 1. The highest BCUT2D eigenvalue weighted by molar-refractivity contribution is 5.82. The highest BCUT2D eigenvalue weighted by atomic mass is 16.6. The standard InChI is InChI=1S/C10H20N2O4/c1-10(2,3)16-9(15)11-7-8(14)12(4)5-6-13/h13H,5-7H2,1-4H3,(H,11,15). The van der Waals surface area contributed by atoms with Crippen LogP contribution in [0.4, 0.5) is 4.79 Å². The molecular formula is C10H20N2O4. The molecule has 0 aliphatic carbocycles. The Morgan fingerprint density at radius 1 is 1.38 bits per heavy atom. The smallest absolute Gasteiger partial charge is 0.408 e. The molecule has 0 fully saturated rings. The van der Waals surface area contributed by atoms with Crippen molar-refractivity contribution in [3.63, 3.8) is 0 Å². The van der Waals surface area contributed by atoms with E-state index in [4.69, 9.17) is 9.84 Å². The quantitative estimate of drug-likeness (QED) is 0.713. The number of carbonyl (C=O) groups is 2. The van der Waals surface area contributed by atoms with Crippen molar-refractivity contribution in [2.24, 2.45) is 0 Å². The summed E-state index contributed by atoms with van der Waals surface area (Å²) in [5, 5.41) is 11.0.